The Morgan fingerprint density at radius 3 is 1.57 bits per heavy atom. The Kier molecular flexibility index (Phi) is 19.6. The zero-order valence-corrected chi connectivity index (χ0v) is 16.3. The summed E-state index contributed by atoms with van der Waals surface area (Å²) in [5.74, 6) is 1.25. The van der Waals surface area contributed by atoms with Crippen molar-refractivity contribution in [1.29, 1.82) is 0 Å². The fraction of sp³-hybridized carbons (Fsp3) is 0.947. The molecule has 0 aromatic rings. The molecule has 0 unspecified atom stereocenters. The van der Waals surface area contributed by atoms with E-state index in [1.165, 1.54) is 77.0 Å². The van der Waals surface area contributed by atoms with Crippen LogP contribution in [0.4, 0.5) is 0 Å². The summed E-state index contributed by atoms with van der Waals surface area (Å²) in [6.07, 6.45) is 18.0. The van der Waals surface area contributed by atoms with E-state index in [1.807, 2.05) is 7.05 Å². The number of carbonyl (C=O) groups excluding carboxylic acids is 1. The van der Waals surface area contributed by atoms with Crippen molar-refractivity contribution in [3.05, 3.63) is 0 Å². The molecule has 3 nitrogen and oxygen atoms in total. The van der Waals surface area contributed by atoms with Crippen LogP contribution >= 0.6 is 12.6 Å². The Hall–Kier alpha value is -0.220. The van der Waals surface area contributed by atoms with E-state index in [1.54, 1.807) is 0 Å². The van der Waals surface area contributed by atoms with Gasteiger partial charge in [-0.1, -0.05) is 70.6 Å². The molecule has 0 saturated carbocycles. The van der Waals surface area contributed by atoms with Crippen LogP contribution in [0.5, 0.6) is 0 Å². The van der Waals surface area contributed by atoms with Crippen LogP contribution in [0.25, 0.3) is 0 Å². The van der Waals surface area contributed by atoms with Crippen molar-refractivity contribution in [2.75, 3.05) is 25.9 Å². The van der Waals surface area contributed by atoms with Crippen molar-refractivity contribution in [2.24, 2.45) is 0 Å². The summed E-state index contributed by atoms with van der Waals surface area (Å²) in [7, 11) is 1.90. The summed E-state index contributed by atoms with van der Waals surface area (Å²) in [6.45, 7) is 1.59. The van der Waals surface area contributed by atoms with Crippen molar-refractivity contribution in [3.63, 3.8) is 0 Å². The number of hydrogen-bond acceptors (Lipinski definition) is 3. The van der Waals surface area contributed by atoms with Gasteiger partial charge in [-0.15, -0.1) is 0 Å². The molecule has 0 aliphatic carbocycles. The Morgan fingerprint density at radius 1 is 0.696 bits per heavy atom. The summed E-state index contributed by atoms with van der Waals surface area (Å²) in [5.41, 5.74) is 0. The quantitative estimate of drug-likeness (QED) is 0.249. The van der Waals surface area contributed by atoms with E-state index in [-0.39, 0.29) is 5.91 Å². The third-order valence-corrected chi connectivity index (χ3v) is 4.58. The number of likely N-dealkylation sites (N-methyl/N-ethyl adjacent to an activating group) is 1. The van der Waals surface area contributed by atoms with Crippen LogP contribution in [0.3, 0.4) is 0 Å². The number of nitrogens with one attached hydrogen (secondary N) is 2. The summed E-state index contributed by atoms with van der Waals surface area (Å²) in [6, 6.07) is 0. The molecule has 4 heteroatoms. The van der Waals surface area contributed by atoms with Gasteiger partial charge in [0.2, 0.25) is 5.91 Å². The average Bonchev–Trinajstić information content (AvgIpc) is 2.55. The van der Waals surface area contributed by atoms with Crippen LogP contribution in [0.1, 0.15) is 89.9 Å². The predicted molar refractivity (Wildman–Crippen MR) is 105 cm³/mol. The van der Waals surface area contributed by atoms with E-state index < -0.39 is 0 Å². The van der Waals surface area contributed by atoms with Gasteiger partial charge in [0.25, 0.3) is 0 Å². The highest BCUT2D eigenvalue weighted by molar-refractivity contribution is 7.80. The Bertz CT molecular complexity index is 250. The van der Waals surface area contributed by atoms with Crippen LogP contribution in [-0.4, -0.2) is 31.8 Å². The minimum absolute atomic E-state index is 0.203. The number of carbonyl (C=O) groups is 1. The van der Waals surface area contributed by atoms with Gasteiger partial charge in [-0.25, -0.2) is 0 Å². The maximum Gasteiger partial charge on any atom is 0.220 e. The van der Waals surface area contributed by atoms with Crippen molar-refractivity contribution in [3.8, 4) is 0 Å². The molecule has 0 heterocycles. The first-order valence-corrected chi connectivity index (χ1v) is 10.5. The van der Waals surface area contributed by atoms with Crippen LogP contribution in [-0.2, 0) is 4.79 Å². The van der Waals surface area contributed by atoms with Crippen molar-refractivity contribution in [2.45, 2.75) is 89.9 Å². The fourth-order valence-electron chi connectivity index (χ4n) is 2.76. The largest absolute Gasteiger partial charge is 0.355 e. The molecule has 0 aliphatic rings. The summed E-state index contributed by atoms with van der Waals surface area (Å²) < 4.78 is 0. The van der Waals surface area contributed by atoms with Gasteiger partial charge in [-0.05, 0) is 25.6 Å². The Labute approximate surface area is 150 Å². The standard InChI is InChI=1S/C19H40N2OS/c1-20-16-17-21-19(22)15-13-11-9-7-5-3-2-4-6-8-10-12-14-18-23/h20,23H,2-18H2,1H3,(H,21,22). The maximum atomic E-state index is 11.5. The van der Waals surface area contributed by atoms with Crippen molar-refractivity contribution >= 4 is 18.5 Å². The molecule has 0 aromatic heterocycles. The zero-order chi connectivity index (χ0) is 17.0. The van der Waals surface area contributed by atoms with E-state index in [4.69, 9.17) is 0 Å². The van der Waals surface area contributed by atoms with E-state index in [2.05, 4.69) is 23.3 Å². The monoisotopic (exact) mass is 344 g/mol. The van der Waals surface area contributed by atoms with Crippen LogP contribution in [0, 0.1) is 0 Å². The first kappa shape index (κ1) is 22.8. The first-order chi connectivity index (χ1) is 11.3. The van der Waals surface area contributed by atoms with Gasteiger partial charge in [0, 0.05) is 19.5 Å². The molecule has 0 fully saturated rings. The van der Waals surface area contributed by atoms with Crippen LogP contribution in [0.15, 0.2) is 0 Å². The molecule has 0 aromatic carbocycles. The number of amides is 1. The molecular weight excluding hydrogens is 304 g/mol. The van der Waals surface area contributed by atoms with E-state index >= 15 is 0 Å². The summed E-state index contributed by atoms with van der Waals surface area (Å²) in [4.78, 5) is 11.5. The molecule has 2 N–H and O–H groups in total. The van der Waals surface area contributed by atoms with Crippen molar-refractivity contribution < 1.29 is 4.79 Å². The first-order valence-electron chi connectivity index (χ1n) is 9.83. The predicted octanol–water partition coefficient (Wildman–Crippen LogP) is 4.71. The van der Waals surface area contributed by atoms with E-state index in [9.17, 15) is 4.79 Å². The molecule has 0 radical (unpaired) electrons. The lowest BCUT2D eigenvalue weighted by atomic mass is 10.0. The van der Waals surface area contributed by atoms with Gasteiger partial charge in [0.1, 0.15) is 0 Å². The smallest absolute Gasteiger partial charge is 0.220 e. The highest BCUT2D eigenvalue weighted by Gasteiger charge is 1.99. The molecule has 23 heavy (non-hydrogen) atoms. The number of rotatable bonds is 18. The zero-order valence-electron chi connectivity index (χ0n) is 15.4. The molecule has 0 atom stereocenters. The van der Waals surface area contributed by atoms with E-state index in [0.29, 0.717) is 6.42 Å². The van der Waals surface area contributed by atoms with Gasteiger partial charge < -0.3 is 10.6 Å². The second-order valence-corrected chi connectivity index (χ2v) is 6.97. The molecule has 0 saturated heterocycles. The minimum Gasteiger partial charge on any atom is -0.355 e. The van der Waals surface area contributed by atoms with Gasteiger partial charge in [-0.3, -0.25) is 4.79 Å². The highest BCUT2D eigenvalue weighted by atomic mass is 32.1. The highest BCUT2D eigenvalue weighted by Crippen LogP contribution is 2.13. The maximum absolute atomic E-state index is 11.5. The normalized spacial score (nSPS) is 10.9. The van der Waals surface area contributed by atoms with Gasteiger partial charge >= 0.3 is 0 Å². The lowest BCUT2D eigenvalue weighted by Crippen LogP contribution is -2.30. The third-order valence-electron chi connectivity index (χ3n) is 4.26. The third kappa shape index (κ3) is 19.7. The minimum atomic E-state index is 0.203. The molecule has 138 valence electrons. The molecule has 0 rings (SSSR count). The average molecular weight is 345 g/mol. The summed E-state index contributed by atoms with van der Waals surface area (Å²) >= 11 is 4.24. The van der Waals surface area contributed by atoms with E-state index in [0.717, 1.165) is 25.3 Å². The molecule has 0 aliphatic heterocycles. The molecule has 0 spiro atoms. The van der Waals surface area contributed by atoms with Crippen molar-refractivity contribution in [1.82, 2.24) is 10.6 Å². The Balaban J connectivity index is 3.06. The fourth-order valence-corrected chi connectivity index (χ4v) is 2.98. The van der Waals surface area contributed by atoms with Crippen LogP contribution in [0.2, 0.25) is 0 Å². The SMILES string of the molecule is CNCCNC(=O)CCCCCCCCCCCCCCCS. The molecule has 1 amide bonds. The number of hydrogen-bond donors (Lipinski definition) is 3. The second kappa shape index (κ2) is 19.8. The number of unbranched alkanes of at least 4 members (excludes halogenated alkanes) is 12. The molecule has 0 bridgehead atoms. The summed E-state index contributed by atoms with van der Waals surface area (Å²) in [5, 5.41) is 5.95. The van der Waals surface area contributed by atoms with Gasteiger partial charge in [0.15, 0.2) is 0 Å². The second-order valence-electron chi connectivity index (χ2n) is 6.52. The van der Waals surface area contributed by atoms with Crippen LogP contribution < -0.4 is 10.6 Å². The number of thiol groups is 1. The molecular formula is C19H40N2OS. The Morgan fingerprint density at radius 2 is 1.13 bits per heavy atom. The van der Waals surface area contributed by atoms with Gasteiger partial charge in [-0.2, -0.15) is 12.6 Å². The van der Waals surface area contributed by atoms with Gasteiger partial charge in [0.05, 0.1) is 0 Å². The lowest BCUT2D eigenvalue weighted by molar-refractivity contribution is -0.121. The topological polar surface area (TPSA) is 41.1 Å². The lowest BCUT2D eigenvalue weighted by Gasteiger charge is -2.05.